The van der Waals surface area contributed by atoms with E-state index in [2.05, 4.69) is 41.5 Å². The SMILES string of the molecule is CCCCCCCCCCCCCCCCCCCCCCCCC(=O)O[C@H](COC(=O)CCCCCCCCCCCCCCC(C)C)COP(=O)(O)OC[C@@H](O)COP(=O)(O)OC[C@@H](COC(=O)CCCCCCCCC(C)C)OC(=O)CCCCCCCCCCCC. The number of rotatable bonds is 76. The Hall–Kier alpha value is -1.94. The Morgan fingerprint density at radius 3 is 0.708 bits per heavy atom. The molecule has 0 aliphatic rings. The van der Waals surface area contributed by atoms with Crippen molar-refractivity contribution in [1.82, 2.24) is 0 Å². The van der Waals surface area contributed by atoms with Crippen LogP contribution in [0.3, 0.4) is 0 Å². The molecule has 0 bridgehead atoms. The Labute approximate surface area is 588 Å². The van der Waals surface area contributed by atoms with Gasteiger partial charge in [-0.05, 0) is 37.5 Å². The van der Waals surface area contributed by atoms with Gasteiger partial charge in [0.05, 0.1) is 26.4 Å². The van der Waals surface area contributed by atoms with Crippen LogP contribution in [0.5, 0.6) is 0 Å². The van der Waals surface area contributed by atoms with Gasteiger partial charge >= 0.3 is 39.5 Å². The summed E-state index contributed by atoms with van der Waals surface area (Å²) in [5.41, 5.74) is 0. The van der Waals surface area contributed by atoms with Gasteiger partial charge in [0.2, 0.25) is 0 Å². The molecule has 96 heavy (non-hydrogen) atoms. The van der Waals surface area contributed by atoms with E-state index in [1.54, 1.807) is 0 Å². The molecule has 0 aromatic rings. The molecule has 0 saturated heterocycles. The summed E-state index contributed by atoms with van der Waals surface area (Å²) in [7, 11) is -9.91. The van der Waals surface area contributed by atoms with Crippen molar-refractivity contribution in [2.75, 3.05) is 39.6 Å². The number of ether oxygens (including phenoxy) is 4. The molecule has 19 heteroatoms. The Morgan fingerprint density at radius 2 is 0.479 bits per heavy atom. The number of hydrogen-bond acceptors (Lipinski definition) is 15. The van der Waals surface area contributed by atoms with Crippen molar-refractivity contribution in [3.8, 4) is 0 Å². The van der Waals surface area contributed by atoms with Crippen molar-refractivity contribution in [1.29, 1.82) is 0 Å². The molecule has 570 valence electrons. The highest BCUT2D eigenvalue weighted by molar-refractivity contribution is 7.47. The molecular weight excluding hydrogens is 1260 g/mol. The fourth-order valence-corrected chi connectivity index (χ4v) is 13.4. The minimum absolute atomic E-state index is 0.105. The van der Waals surface area contributed by atoms with E-state index in [0.29, 0.717) is 31.6 Å². The first kappa shape index (κ1) is 94.1. The molecule has 0 heterocycles. The van der Waals surface area contributed by atoms with Crippen molar-refractivity contribution in [2.45, 2.75) is 419 Å². The van der Waals surface area contributed by atoms with Gasteiger partial charge in [0.25, 0.3) is 0 Å². The first-order chi connectivity index (χ1) is 46.4. The number of esters is 4. The molecule has 0 aliphatic carbocycles. The fraction of sp³-hybridized carbons (Fsp3) is 0.948. The maximum Gasteiger partial charge on any atom is 0.472 e. The van der Waals surface area contributed by atoms with Gasteiger partial charge in [-0.3, -0.25) is 37.3 Å². The van der Waals surface area contributed by atoms with Crippen molar-refractivity contribution in [3.63, 3.8) is 0 Å². The smallest absolute Gasteiger partial charge is 0.462 e. The number of carbonyl (C=O) groups excluding carboxylic acids is 4. The Balaban J connectivity index is 5.17. The maximum absolute atomic E-state index is 13.1. The lowest BCUT2D eigenvalue weighted by atomic mass is 10.0. The van der Waals surface area contributed by atoms with Crippen LogP contribution in [0.15, 0.2) is 0 Å². The molecule has 0 rings (SSSR count). The van der Waals surface area contributed by atoms with Crippen molar-refractivity contribution >= 4 is 39.5 Å². The van der Waals surface area contributed by atoms with Crippen LogP contribution in [-0.4, -0.2) is 96.7 Å². The van der Waals surface area contributed by atoms with Gasteiger partial charge in [-0.15, -0.1) is 0 Å². The van der Waals surface area contributed by atoms with Crippen molar-refractivity contribution < 1.29 is 80.2 Å². The predicted octanol–water partition coefficient (Wildman–Crippen LogP) is 22.7. The summed E-state index contributed by atoms with van der Waals surface area (Å²) in [6, 6.07) is 0. The Bertz CT molecular complexity index is 1860. The minimum Gasteiger partial charge on any atom is -0.462 e. The number of aliphatic hydroxyl groups is 1. The average Bonchev–Trinajstić information content (AvgIpc) is 3.77. The van der Waals surface area contributed by atoms with Gasteiger partial charge in [0.1, 0.15) is 19.3 Å². The zero-order chi connectivity index (χ0) is 70.7. The second-order valence-electron chi connectivity index (χ2n) is 28.7. The summed E-state index contributed by atoms with van der Waals surface area (Å²) in [6.45, 7) is 9.51. The summed E-state index contributed by atoms with van der Waals surface area (Å²) in [4.78, 5) is 72.7. The van der Waals surface area contributed by atoms with E-state index >= 15 is 0 Å². The summed E-state index contributed by atoms with van der Waals surface area (Å²) in [6.07, 6.45) is 57.2. The highest BCUT2D eigenvalue weighted by Crippen LogP contribution is 2.45. The summed E-state index contributed by atoms with van der Waals surface area (Å²) < 4.78 is 68.4. The molecule has 0 radical (unpaired) electrons. The predicted molar refractivity (Wildman–Crippen MR) is 391 cm³/mol. The zero-order valence-corrected chi connectivity index (χ0v) is 64.5. The van der Waals surface area contributed by atoms with Crippen LogP contribution >= 0.6 is 15.6 Å². The van der Waals surface area contributed by atoms with Crippen LogP contribution in [0.4, 0.5) is 0 Å². The summed E-state index contributed by atoms with van der Waals surface area (Å²) >= 11 is 0. The van der Waals surface area contributed by atoms with Crippen LogP contribution in [0.1, 0.15) is 401 Å². The molecule has 0 aromatic carbocycles. The largest absolute Gasteiger partial charge is 0.472 e. The van der Waals surface area contributed by atoms with Gasteiger partial charge in [-0.2, -0.15) is 0 Å². The Morgan fingerprint density at radius 1 is 0.281 bits per heavy atom. The topological polar surface area (TPSA) is 237 Å². The molecule has 0 amide bonds. The second kappa shape index (κ2) is 68.8. The van der Waals surface area contributed by atoms with E-state index in [1.807, 2.05) is 0 Å². The van der Waals surface area contributed by atoms with Crippen LogP contribution in [0.2, 0.25) is 0 Å². The number of phosphoric ester groups is 2. The van der Waals surface area contributed by atoms with E-state index in [0.717, 1.165) is 102 Å². The lowest BCUT2D eigenvalue weighted by Gasteiger charge is -2.21. The molecule has 0 aromatic heterocycles. The number of hydrogen-bond donors (Lipinski definition) is 3. The van der Waals surface area contributed by atoms with Crippen molar-refractivity contribution in [2.24, 2.45) is 11.8 Å². The molecule has 3 N–H and O–H groups in total. The van der Waals surface area contributed by atoms with Crippen LogP contribution in [-0.2, 0) is 65.4 Å². The van der Waals surface area contributed by atoms with Crippen LogP contribution < -0.4 is 0 Å². The van der Waals surface area contributed by atoms with Crippen LogP contribution in [0, 0.1) is 11.8 Å². The first-order valence-electron chi connectivity index (χ1n) is 40.0. The normalized spacial score (nSPS) is 14.0. The molecule has 0 saturated carbocycles. The number of aliphatic hydroxyl groups excluding tert-OH is 1. The summed E-state index contributed by atoms with van der Waals surface area (Å²) in [5, 5.41) is 10.6. The van der Waals surface area contributed by atoms with Gasteiger partial charge in [-0.25, -0.2) is 9.13 Å². The third-order valence-corrected chi connectivity index (χ3v) is 19.9. The average molecular weight is 1410 g/mol. The summed E-state index contributed by atoms with van der Waals surface area (Å²) in [5.74, 6) is -0.657. The monoisotopic (exact) mass is 1410 g/mol. The minimum atomic E-state index is -4.96. The molecule has 2 unspecified atom stereocenters. The number of phosphoric acid groups is 2. The first-order valence-corrected chi connectivity index (χ1v) is 43.0. The molecular formula is C77H150O17P2. The highest BCUT2D eigenvalue weighted by atomic mass is 31.2. The van der Waals surface area contributed by atoms with Gasteiger partial charge < -0.3 is 33.8 Å². The highest BCUT2D eigenvalue weighted by Gasteiger charge is 2.30. The third-order valence-electron chi connectivity index (χ3n) is 18.0. The van der Waals surface area contributed by atoms with Gasteiger partial charge in [-0.1, -0.05) is 350 Å². The van der Waals surface area contributed by atoms with E-state index in [4.69, 9.17) is 37.0 Å². The quantitative estimate of drug-likeness (QED) is 0.0222. The molecule has 0 aliphatic heterocycles. The Kier molecular flexibility index (Phi) is 67.4. The third kappa shape index (κ3) is 70.5. The second-order valence-corrected chi connectivity index (χ2v) is 31.6. The number of carbonyl (C=O) groups is 4. The fourth-order valence-electron chi connectivity index (χ4n) is 11.8. The molecule has 17 nitrogen and oxygen atoms in total. The number of unbranched alkanes of at least 4 members (excludes halogenated alkanes) is 46. The van der Waals surface area contributed by atoms with E-state index < -0.39 is 97.5 Å². The van der Waals surface area contributed by atoms with E-state index in [-0.39, 0.29) is 25.7 Å². The van der Waals surface area contributed by atoms with Gasteiger partial charge in [0.15, 0.2) is 12.2 Å². The van der Waals surface area contributed by atoms with Gasteiger partial charge in [0, 0.05) is 25.7 Å². The molecule has 0 spiro atoms. The maximum atomic E-state index is 13.1. The zero-order valence-electron chi connectivity index (χ0n) is 62.7. The standard InChI is InChI=1S/C77H150O17P2/c1-7-9-11-13-15-17-19-20-21-22-23-24-25-26-27-28-29-34-38-42-50-56-62-77(82)93-72(65-87-74(79)59-53-47-40-37-33-31-30-32-35-39-45-51-57-69(3)4)67-91-95(83,84)89-63-71(78)64-90-96(85,86)92-68-73(66-88-75(80)60-54-48-44-43-46-52-58-70(5)6)94-76(81)61-55-49-41-36-18-16-14-12-10-8-2/h69-73,78H,7-68H2,1-6H3,(H,83,84)(H,85,86)/t71-,72-,73-/m1/s1. The van der Waals surface area contributed by atoms with Crippen molar-refractivity contribution in [3.05, 3.63) is 0 Å². The molecule has 0 fully saturated rings. The lowest BCUT2D eigenvalue weighted by Crippen LogP contribution is -2.30. The lowest BCUT2D eigenvalue weighted by molar-refractivity contribution is -0.161. The molecule has 5 atom stereocenters. The van der Waals surface area contributed by atoms with E-state index in [9.17, 15) is 43.2 Å². The van der Waals surface area contributed by atoms with E-state index in [1.165, 1.54) is 212 Å². The van der Waals surface area contributed by atoms with Crippen LogP contribution in [0.25, 0.3) is 0 Å².